The predicted octanol–water partition coefficient (Wildman–Crippen LogP) is 3.68. The van der Waals surface area contributed by atoms with Gasteiger partial charge in [-0.3, -0.25) is 14.9 Å². The van der Waals surface area contributed by atoms with E-state index in [-0.39, 0.29) is 21.3 Å². The zero-order valence-electron chi connectivity index (χ0n) is 11.5. The fourth-order valence-electron chi connectivity index (χ4n) is 1.67. The van der Waals surface area contributed by atoms with E-state index in [1.54, 1.807) is 0 Å². The normalized spacial score (nSPS) is 11.3. The second-order valence-electron chi connectivity index (χ2n) is 4.38. The Kier molecular flexibility index (Phi) is 4.64. The molecule has 0 spiro atoms. The quantitative estimate of drug-likeness (QED) is 0.364. The molecule has 0 N–H and O–H groups in total. The summed E-state index contributed by atoms with van der Waals surface area (Å²) in [5.74, 6) is 0. The summed E-state index contributed by atoms with van der Waals surface area (Å²) in [6.45, 7) is 1.37. The third kappa shape index (κ3) is 4.03. The highest BCUT2D eigenvalue weighted by atomic mass is 32.2. The molecule has 2 aromatic rings. The van der Waals surface area contributed by atoms with Crippen LogP contribution in [0.15, 0.2) is 34.3 Å². The van der Waals surface area contributed by atoms with E-state index in [2.05, 4.69) is 9.97 Å². The number of nitro benzene ring substituents is 1. The average Bonchev–Trinajstić information content (AvgIpc) is 2.46. The summed E-state index contributed by atoms with van der Waals surface area (Å²) >= 11 is 0.626. The zero-order chi connectivity index (χ0) is 17.2. The van der Waals surface area contributed by atoms with E-state index in [4.69, 9.17) is 0 Å². The van der Waals surface area contributed by atoms with Crippen molar-refractivity contribution in [1.29, 1.82) is 0 Å². The lowest BCUT2D eigenvalue weighted by atomic mass is 10.2. The topological polar surface area (TPSA) is 86.0 Å². The summed E-state index contributed by atoms with van der Waals surface area (Å²) in [5.41, 5.74) is -1.36. The molecule has 10 heteroatoms. The molecule has 1 aromatic carbocycles. The number of halogens is 3. The molecule has 0 saturated carbocycles. The molecular formula is C13H8F3N3O3S. The lowest BCUT2D eigenvalue weighted by Gasteiger charge is -2.08. The molecule has 0 aliphatic carbocycles. The Labute approximate surface area is 131 Å². The summed E-state index contributed by atoms with van der Waals surface area (Å²) in [7, 11) is 0. The number of benzene rings is 1. The van der Waals surface area contributed by atoms with Gasteiger partial charge >= 0.3 is 6.18 Å². The van der Waals surface area contributed by atoms with Crippen molar-refractivity contribution in [3.8, 4) is 0 Å². The number of rotatable bonds is 4. The van der Waals surface area contributed by atoms with Gasteiger partial charge in [0.1, 0.15) is 12.0 Å². The number of carbonyl (C=O) groups excluding carboxylic acids is 1. The van der Waals surface area contributed by atoms with Gasteiger partial charge in [0.05, 0.1) is 9.82 Å². The van der Waals surface area contributed by atoms with Crippen molar-refractivity contribution in [1.82, 2.24) is 9.97 Å². The number of aryl methyl sites for hydroxylation is 1. The van der Waals surface area contributed by atoms with Gasteiger partial charge in [0.25, 0.3) is 5.69 Å². The molecule has 0 aliphatic heterocycles. The molecule has 23 heavy (non-hydrogen) atoms. The number of alkyl halides is 3. The molecule has 0 saturated heterocycles. The Morgan fingerprint density at radius 3 is 2.52 bits per heavy atom. The molecule has 0 atom stereocenters. The molecule has 0 bridgehead atoms. The molecule has 0 aliphatic rings. The van der Waals surface area contributed by atoms with Gasteiger partial charge < -0.3 is 0 Å². The Balaban J connectivity index is 2.45. The fraction of sp³-hybridized carbons (Fsp3) is 0.154. The number of hydrogen-bond donors (Lipinski definition) is 0. The first-order valence-electron chi connectivity index (χ1n) is 6.05. The van der Waals surface area contributed by atoms with Crippen molar-refractivity contribution in [2.24, 2.45) is 0 Å². The van der Waals surface area contributed by atoms with Crippen LogP contribution in [0.3, 0.4) is 0 Å². The van der Waals surface area contributed by atoms with E-state index in [0.29, 0.717) is 18.0 Å². The largest absolute Gasteiger partial charge is 0.433 e. The number of aldehydes is 1. The van der Waals surface area contributed by atoms with Crippen LogP contribution in [-0.4, -0.2) is 21.2 Å². The highest BCUT2D eigenvalue weighted by Gasteiger charge is 2.33. The van der Waals surface area contributed by atoms with E-state index in [1.807, 2.05) is 0 Å². The first kappa shape index (κ1) is 16.9. The summed E-state index contributed by atoms with van der Waals surface area (Å²) in [6.07, 6.45) is -4.21. The van der Waals surface area contributed by atoms with Crippen LogP contribution < -0.4 is 0 Å². The first-order chi connectivity index (χ1) is 10.7. The molecule has 0 fully saturated rings. The number of nitro groups is 1. The average molecular weight is 343 g/mol. The van der Waals surface area contributed by atoms with Crippen molar-refractivity contribution in [3.05, 3.63) is 51.3 Å². The van der Waals surface area contributed by atoms with E-state index < -0.39 is 22.5 Å². The van der Waals surface area contributed by atoms with Gasteiger partial charge in [-0.1, -0.05) is 6.07 Å². The predicted molar refractivity (Wildman–Crippen MR) is 74.4 cm³/mol. The molecule has 1 aromatic heterocycles. The Hall–Kier alpha value is -2.49. The molecule has 6 nitrogen and oxygen atoms in total. The minimum absolute atomic E-state index is 0.0410. The third-order valence-corrected chi connectivity index (χ3v) is 3.57. The maximum absolute atomic E-state index is 12.7. The number of aromatic nitrogens is 2. The fourth-order valence-corrected chi connectivity index (χ4v) is 2.57. The van der Waals surface area contributed by atoms with Crippen molar-refractivity contribution in [3.63, 3.8) is 0 Å². The summed E-state index contributed by atoms with van der Waals surface area (Å²) in [6, 6.07) is 4.41. The Morgan fingerprint density at radius 2 is 1.96 bits per heavy atom. The molecule has 120 valence electrons. The highest BCUT2D eigenvalue weighted by Crippen LogP contribution is 2.35. The minimum atomic E-state index is -4.64. The second kappa shape index (κ2) is 6.32. The van der Waals surface area contributed by atoms with Gasteiger partial charge in [-0.2, -0.15) is 13.2 Å². The van der Waals surface area contributed by atoms with Crippen molar-refractivity contribution >= 4 is 23.7 Å². The smallest absolute Gasteiger partial charge is 0.298 e. The maximum Gasteiger partial charge on any atom is 0.433 e. The summed E-state index contributed by atoms with van der Waals surface area (Å²) in [4.78, 5) is 28.2. The molecule has 1 heterocycles. The molecule has 0 radical (unpaired) electrons. The second-order valence-corrected chi connectivity index (χ2v) is 5.39. The van der Waals surface area contributed by atoms with E-state index in [1.165, 1.54) is 19.1 Å². The van der Waals surface area contributed by atoms with Crippen LogP contribution >= 0.6 is 11.8 Å². The van der Waals surface area contributed by atoms with Crippen molar-refractivity contribution in [2.75, 3.05) is 0 Å². The van der Waals surface area contributed by atoms with Crippen molar-refractivity contribution < 1.29 is 22.9 Å². The zero-order valence-corrected chi connectivity index (χ0v) is 12.3. The maximum atomic E-state index is 12.7. The standard InChI is InChI=1S/C13H8F3N3O3S/c1-7-4-11(13(14,15)16)18-12(17-7)23-10-3-2-8(6-20)5-9(10)19(21)22/h2-6H,1H3. The van der Waals surface area contributed by atoms with Gasteiger partial charge in [-0.15, -0.1) is 0 Å². The van der Waals surface area contributed by atoms with Crippen LogP contribution in [0.25, 0.3) is 0 Å². The van der Waals surface area contributed by atoms with Crippen LogP contribution in [0.5, 0.6) is 0 Å². The summed E-state index contributed by atoms with van der Waals surface area (Å²) in [5, 5.41) is 10.8. The number of hydrogen-bond acceptors (Lipinski definition) is 6. The molecular weight excluding hydrogens is 335 g/mol. The third-order valence-electron chi connectivity index (χ3n) is 2.64. The number of carbonyl (C=O) groups is 1. The van der Waals surface area contributed by atoms with Crippen LogP contribution in [0.4, 0.5) is 18.9 Å². The SMILES string of the molecule is Cc1cc(C(F)(F)F)nc(Sc2ccc(C=O)cc2[N+](=O)[O-])n1. The lowest BCUT2D eigenvalue weighted by molar-refractivity contribution is -0.387. The molecule has 2 rings (SSSR count). The van der Waals surface area contributed by atoms with E-state index in [0.717, 1.165) is 12.1 Å². The van der Waals surface area contributed by atoms with E-state index >= 15 is 0 Å². The monoisotopic (exact) mass is 343 g/mol. The van der Waals surface area contributed by atoms with Crippen LogP contribution in [-0.2, 0) is 6.18 Å². The minimum Gasteiger partial charge on any atom is -0.298 e. The van der Waals surface area contributed by atoms with E-state index in [9.17, 15) is 28.1 Å². The summed E-state index contributed by atoms with van der Waals surface area (Å²) < 4.78 is 38.2. The van der Waals surface area contributed by atoms with Gasteiger partial charge in [0.15, 0.2) is 5.16 Å². The highest BCUT2D eigenvalue weighted by molar-refractivity contribution is 7.99. The van der Waals surface area contributed by atoms with Crippen LogP contribution in [0, 0.1) is 17.0 Å². The Bertz CT molecular complexity index is 781. The van der Waals surface area contributed by atoms with Crippen LogP contribution in [0.1, 0.15) is 21.7 Å². The van der Waals surface area contributed by atoms with Crippen LogP contribution in [0.2, 0.25) is 0 Å². The van der Waals surface area contributed by atoms with Crippen molar-refractivity contribution in [2.45, 2.75) is 23.2 Å². The van der Waals surface area contributed by atoms with Gasteiger partial charge in [0.2, 0.25) is 0 Å². The molecule has 0 amide bonds. The van der Waals surface area contributed by atoms with Gasteiger partial charge in [-0.05, 0) is 30.8 Å². The lowest BCUT2D eigenvalue weighted by Crippen LogP contribution is -2.10. The molecule has 0 unspecified atom stereocenters. The van der Waals surface area contributed by atoms with Gasteiger partial charge in [-0.25, -0.2) is 9.97 Å². The number of nitrogens with zero attached hydrogens (tertiary/aromatic N) is 3. The van der Waals surface area contributed by atoms with Gasteiger partial charge in [0, 0.05) is 17.3 Å². The first-order valence-corrected chi connectivity index (χ1v) is 6.86. The Morgan fingerprint density at radius 1 is 1.26 bits per heavy atom.